The first kappa shape index (κ1) is 11.3. The van der Waals surface area contributed by atoms with E-state index in [1.54, 1.807) is 0 Å². The van der Waals surface area contributed by atoms with Gasteiger partial charge in [-0.05, 0) is 40.5 Å². The van der Waals surface area contributed by atoms with Crippen LogP contribution in [0.1, 0.15) is 5.56 Å². The monoisotopic (exact) mass is 286 g/mol. The molecule has 2 N–H and O–H groups in total. The third kappa shape index (κ3) is 2.32. The summed E-state index contributed by atoms with van der Waals surface area (Å²) in [7, 11) is 0. The van der Waals surface area contributed by atoms with Gasteiger partial charge in [0, 0.05) is 34.8 Å². The zero-order valence-electron chi connectivity index (χ0n) is 8.79. The van der Waals surface area contributed by atoms with Crippen LogP contribution in [0.5, 0.6) is 0 Å². The highest BCUT2D eigenvalue weighted by atomic mass is 79.9. The molecule has 2 rings (SSSR count). The molecular weight excluding hydrogens is 272 g/mol. The van der Waals surface area contributed by atoms with E-state index in [0.717, 1.165) is 18.8 Å². The van der Waals surface area contributed by atoms with Crippen molar-refractivity contribution in [2.75, 3.05) is 30.3 Å². The van der Waals surface area contributed by atoms with Crippen LogP contribution in [-0.2, 0) is 0 Å². The van der Waals surface area contributed by atoms with Crippen LogP contribution in [0, 0.1) is 6.92 Å². The van der Waals surface area contributed by atoms with E-state index < -0.39 is 0 Å². The molecule has 1 heterocycles. The van der Waals surface area contributed by atoms with Gasteiger partial charge in [-0.15, -0.1) is 11.8 Å². The van der Waals surface area contributed by atoms with Crippen molar-refractivity contribution in [2.45, 2.75) is 11.8 Å². The first-order valence-electron chi connectivity index (χ1n) is 5.10. The summed E-state index contributed by atoms with van der Waals surface area (Å²) in [4.78, 5) is 3.75. The smallest absolute Gasteiger partial charge is 0.0649 e. The second-order valence-corrected chi connectivity index (χ2v) is 5.71. The minimum atomic E-state index is 0.713. The zero-order valence-corrected chi connectivity index (χ0v) is 11.2. The summed E-state index contributed by atoms with van der Waals surface area (Å²) in [5.41, 5.74) is 8.26. The van der Waals surface area contributed by atoms with Crippen LogP contribution in [0.4, 0.5) is 5.69 Å². The molecule has 0 fully saturated rings. The number of fused-ring (bicyclic) bond motifs is 1. The SMILES string of the molecule is Cc1cc(Br)c2c(c1)SCCN2CCN. The average Bonchev–Trinajstić information content (AvgIpc) is 2.17. The molecule has 2 nitrogen and oxygen atoms in total. The molecular formula is C11H15BrN2S. The Labute approximate surface area is 103 Å². The van der Waals surface area contributed by atoms with E-state index in [9.17, 15) is 0 Å². The van der Waals surface area contributed by atoms with Gasteiger partial charge in [0.15, 0.2) is 0 Å². The molecule has 0 atom stereocenters. The minimum Gasteiger partial charge on any atom is -0.368 e. The number of thioether (sulfide) groups is 1. The van der Waals surface area contributed by atoms with Crippen molar-refractivity contribution in [1.29, 1.82) is 0 Å². The van der Waals surface area contributed by atoms with Crippen LogP contribution in [0.25, 0.3) is 0 Å². The Bertz CT molecular complexity index is 368. The van der Waals surface area contributed by atoms with Crippen LogP contribution < -0.4 is 10.6 Å². The topological polar surface area (TPSA) is 29.3 Å². The maximum Gasteiger partial charge on any atom is 0.0649 e. The molecule has 0 saturated carbocycles. The van der Waals surface area contributed by atoms with E-state index in [-0.39, 0.29) is 0 Å². The Balaban J connectivity index is 2.41. The van der Waals surface area contributed by atoms with Gasteiger partial charge in [0.1, 0.15) is 0 Å². The van der Waals surface area contributed by atoms with Crippen molar-refractivity contribution in [3.8, 4) is 0 Å². The largest absolute Gasteiger partial charge is 0.368 e. The van der Waals surface area contributed by atoms with E-state index in [1.165, 1.54) is 20.6 Å². The molecule has 1 aromatic carbocycles. The Morgan fingerprint density at radius 1 is 1.53 bits per heavy atom. The summed E-state index contributed by atoms with van der Waals surface area (Å²) in [5.74, 6) is 1.16. The molecule has 0 saturated heterocycles. The second-order valence-electron chi connectivity index (χ2n) is 3.72. The number of nitrogens with zero attached hydrogens (tertiary/aromatic N) is 1. The molecule has 0 unspecified atom stereocenters. The standard InChI is InChI=1S/C11H15BrN2S/c1-8-6-9(12)11-10(7-8)15-5-4-14(11)3-2-13/h6-7H,2-5,13H2,1H3. The Kier molecular flexibility index (Phi) is 3.59. The zero-order chi connectivity index (χ0) is 10.8. The molecule has 1 aliphatic heterocycles. The van der Waals surface area contributed by atoms with Gasteiger partial charge in [-0.1, -0.05) is 0 Å². The van der Waals surface area contributed by atoms with Crippen molar-refractivity contribution in [2.24, 2.45) is 5.73 Å². The minimum absolute atomic E-state index is 0.713. The van der Waals surface area contributed by atoms with Crippen molar-refractivity contribution in [3.05, 3.63) is 22.2 Å². The molecule has 1 aliphatic rings. The predicted octanol–water partition coefficient (Wildman–Crippen LogP) is 2.63. The van der Waals surface area contributed by atoms with Crippen molar-refractivity contribution < 1.29 is 0 Å². The van der Waals surface area contributed by atoms with Gasteiger partial charge in [0.2, 0.25) is 0 Å². The van der Waals surface area contributed by atoms with Crippen LogP contribution in [0.3, 0.4) is 0 Å². The number of nitrogens with two attached hydrogens (primary N) is 1. The number of rotatable bonds is 2. The molecule has 0 radical (unpaired) electrons. The Hall–Kier alpha value is -0.190. The number of benzene rings is 1. The number of halogens is 1. The van der Waals surface area contributed by atoms with Gasteiger partial charge in [0.25, 0.3) is 0 Å². The lowest BCUT2D eigenvalue weighted by Gasteiger charge is -2.31. The molecule has 15 heavy (non-hydrogen) atoms. The molecule has 0 bridgehead atoms. The first-order valence-corrected chi connectivity index (χ1v) is 6.88. The molecule has 0 aromatic heterocycles. The molecule has 0 amide bonds. The van der Waals surface area contributed by atoms with Crippen LogP contribution >= 0.6 is 27.7 Å². The highest BCUT2D eigenvalue weighted by molar-refractivity contribution is 9.10. The van der Waals surface area contributed by atoms with E-state index >= 15 is 0 Å². The number of anilines is 1. The van der Waals surface area contributed by atoms with Gasteiger partial charge < -0.3 is 10.6 Å². The third-order valence-corrected chi connectivity index (χ3v) is 4.12. The Morgan fingerprint density at radius 2 is 2.33 bits per heavy atom. The van der Waals surface area contributed by atoms with Crippen molar-refractivity contribution in [3.63, 3.8) is 0 Å². The number of hydrogen-bond donors (Lipinski definition) is 1. The van der Waals surface area contributed by atoms with Gasteiger partial charge in [0.05, 0.1) is 5.69 Å². The lowest BCUT2D eigenvalue weighted by atomic mass is 10.2. The molecule has 4 heteroatoms. The van der Waals surface area contributed by atoms with Crippen molar-refractivity contribution in [1.82, 2.24) is 0 Å². The van der Waals surface area contributed by atoms with E-state index in [1.807, 2.05) is 11.8 Å². The van der Waals surface area contributed by atoms with Crippen LogP contribution in [0.2, 0.25) is 0 Å². The summed E-state index contributed by atoms with van der Waals surface area (Å²) >= 11 is 5.58. The second kappa shape index (κ2) is 4.76. The maximum atomic E-state index is 5.63. The summed E-state index contributed by atoms with van der Waals surface area (Å²) in [5, 5.41) is 0. The third-order valence-electron chi connectivity index (χ3n) is 2.51. The average molecular weight is 287 g/mol. The summed E-state index contributed by atoms with van der Waals surface area (Å²) in [6, 6.07) is 4.43. The summed E-state index contributed by atoms with van der Waals surface area (Å²) in [6.45, 7) is 4.88. The molecule has 1 aromatic rings. The first-order chi connectivity index (χ1) is 7.22. The molecule has 82 valence electrons. The lowest BCUT2D eigenvalue weighted by Crippen LogP contribution is -2.34. The van der Waals surface area contributed by atoms with Crippen LogP contribution in [-0.4, -0.2) is 25.4 Å². The van der Waals surface area contributed by atoms with Gasteiger partial charge in [-0.25, -0.2) is 0 Å². The lowest BCUT2D eigenvalue weighted by molar-refractivity contribution is 0.802. The normalized spacial score (nSPS) is 15.3. The van der Waals surface area contributed by atoms with Crippen molar-refractivity contribution >= 4 is 33.4 Å². The number of aryl methyl sites for hydroxylation is 1. The Morgan fingerprint density at radius 3 is 3.07 bits per heavy atom. The maximum absolute atomic E-state index is 5.63. The predicted molar refractivity (Wildman–Crippen MR) is 70.9 cm³/mol. The quantitative estimate of drug-likeness (QED) is 0.906. The van der Waals surface area contributed by atoms with Crippen LogP contribution in [0.15, 0.2) is 21.5 Å². The number of hydrogen-bond acceptors (Lipinski definition) is 3. The fraction of sp³-hybridized carbons (Fsp3) is 0.455. The summed E-state index contributed by atoms with van der Waals surface area (Å²) < 4.78 is 1.19. The fourth-order valence-electron chi connectivity index (χ4n) is 1.88. The highest BCUT2D eigenvalue weighted by Crippen LogP contribution is 2.40. The van der Waals surface area contributed by atoms with E-state index in [0.29, 0.717) is 6.54 Å². The highest BCUT2D eigenvalue weighted by Gasteiger charge is 2.19. The van der Waals surface area contributed by atoms with Gasteiger partial charge in [-0.2, -0.15) is 0 Å². The van der Waals surface area contributed by atoms with Gasteiger partial charge >= 0.3 is 0 Å². The molecule has 0 aliphatic carbocycles. The van der Waals surface area contributed by atoms with Gasteiger partial charge in [-0.3, -0.25) is 0 Å². The van der Waals surface area contributed by atoms with E-state index in [2.05, 4.69) is 39.9 Å². The molecule has 0 spiro atoms. The summed E-state index contributed by atoms with van der Waals surface area (Å²) in [6.07, 6.45) is 0. The van der Waals surface area contributed by atoms with E-state index in [4.69, 9.17) is 5.73 Å². The fourth-order valence-corrected chi connectivity index (χ4v) is 4.01.